The Morgan fingerprint density at radius 2 is 1.72 bits per heavy atom. The Hall–Kier alpha value is -1.99. The van der Waals surface area contributed by atoms with Crippen molar-refractivity contribution in [2.45, 2.75) is 19.4 Å². The van der Waals surface area contributed by atoms with Crippen molar-refractivity contribution in [3.8, 4) is 0 Å². The number of halogens is 2. The van der Waals surface area contributed by atoms with Gasteiger partial charge in [0.1, 0.15) is 6.04 Å². The van der Waals surface area contributed by atoms with E-state index in [0.29, 0.717) is 21.2 Å². The molecule has 0 aliphatic heterocycles. The molecule has 0 aliphatic carbocycles. The summed E-state index contributed by atoms with van der Waals surface area (Å²) in [6.07, 6.45) is 0.143. The molecule has 0 spiro atoms. The van der Waals surface area contributed by atoms with Crippen LogP contribution in [0.25, 0.3) is 0 Å². The van der Waals surface area contributed by atoms with E-state index in [-0.39, 0.29) is 12.2 Å². The minimum atomic E-state index is -1.10. The van der Waals surface area contributed by atoms with Crippen LogP contribution in [0.2, 0.25) is 0 Å². The zero-order valence-electron chi connectivity index (χ0n) is 13.3. The molecule has 7 heteroatoms. The molecule has 2 aromatic carbocycles. The maximum Gasteiger partial charge on any atom is 0.326 e. The second-order valence-corrected chi connectivity index (χ2v) is 7.22. The van der Waals surface area contributed by atoms with E-state index in [1.807, 2.05) is 6.07 Å². The van der Waals surface area contributed by atoms with Crippen LogP contribution in [-0.2, 0) is 16.0 Å². The van der Waals surface area contributed by atoms with E-state index in [1.54, 1.807) is 36.4 Å². The molecule has 1 amide bonds. The van der Waals surface area contributed by atoms with E-state index in [9.17, 15) is 14.4 Å². The van der Waals surface area contributed by atoms with Gasteiger partial charge in [-0.3, -0.25) is 9.59 Å². The molecule has 2 rings (SSSR count). The van der Waals surface area contributed by atoms with Gasteiger partial charge in [0.05, 0.1) is 0 Å². The summed E-state index contributed by atoms with van der Waals surface area (Å²) in [5.74, 6) is -1.65. The van der Waals surface area contributed by atoms with Gasteiger partial charge in [0.2, 0.25) is 5.91 Å². The van der Waals surface area contributed by atoms with E-state index >= 15 is 0 Å². The summed E-state index contributed by atoms with van der Waals surface area (Å²) in [5.41, 5.74) is 1.74. The number of aliphatic carboxylic acids is 1. The average Bonchev–Trinajstić information content (AvgIpc) is 2.56. The molecular weight excluding hydrogens is 454 g/mol. The molecule has 0 unspecified atom stereocenters. The van der Waals surface area contributed by atoms with Crippen molar-refractivity contribution in [3.05, 3.63) is 68.1 Å². The second kappa shape index (κ2) is 8.40. The molecular formula is C18H15Br2NO4. The SMILES string of the molecule is CC(=O)N[C@H](Cc1ccc(C(=O)c2cc(Br)ccc2Br)cc1)C(=O)O. The van der Waals surface area contributed by atoms with Gasteiger partial charge in [-0.15, -0.1) is 0 Å². The molecule has 1 atom stereocenters. The maximum absolute atomic E-state index is 12.6. The lowest BCUT2D eigenvalue weighted by Crippen LogP contribution is -2.41. The summed E-state index contributed by atoms with van der Waals surface area (Å²) < 4.78 is 1.50. The molecule has 25 heavy (non-hydrogen) atoms. The van der Waals surface area contributed by atoms with Crippen molar-refractivity contribution in [2.75, 3.05) is 0 Å². The number of amides is 1. The van der Waals surface area contributed by atoms with Crippen molar-refractivity contribution < 1.29 is 19.5 Å². The highest BCUT2D eigenvalue weighted by atomic mass is 79.9. The molecule has 0 heterocycles. The molecule has 5 nitrogen and oxygen atoms in total. The fourth-order valence-corrected chi connectivity index (χ4v) is 3.09. The monoisotopic (exact) mass is 467 g/mol. The lowest BCUT2D eigenvalue weighted by Gasteiger charge is -2.13. The van der Waals surface area contributed by atoms with Gasteiger partial charge in [-0.2, -0.15) is 0 Å². The van der Waals surface area contributed by atoms with Crippen molar-refractivity contribution in [1.29, 1.82) is 0 Å². The van der Waals surface area contributed by atoms with Crippen molar-refractivity contribution in [2.24, 2.45) is 0 Å². The summed E-state index contributed by atoms with van der Waals surface area (Å²) in [5, 5.41) is 11.5. The maximum atomic E-state index is 12.6. The van der Waals surface area contributed by atoms with Crippen LogP contribution < -0.4 is 5.32 Å². The highest BCUT2D eigenvalue weighted by Crippen LogP contribution is 2.24. The summed E-state index contributed by atoms with van der Waals surface area (Å²) >= 11 is 6.71. The van der Waals surface area contributed by atoms with Gasteiger partial charge in [0.25, 0.3) is 0 Å². The lowest BCUT2D eigenvalue weighted by atomic mass is 9.99. The van der Waals surface area contributed by atoms with Gasteiger partial charge in [0, 0.05) is 33.4 Å². The predicted molar refractivity (Wildman–Crippen MR) is 101 cm³/mol. The van der Waals surface area contributed by atoms with Crippen LogP contribution in [0.4, 0.5) is 0 Å². The first-order valence-electron chi connectivity index (χ1n) is 7.36. The van der Waals surface area contributed by atoms with E-state index < -0.39 is 17.9 Å². The quantitative estimate of drug-likeness (QED) is 0.634. The van der Waals surface area contributed by atoms with Crippen molar-refractivity contribution >= 4 is 49.5 Å². The van der Waals surface area contributed by atoms with Gasteiger partial charge < -0.3 is 10.4 Å². The van der Waals surface area contributed by atoms with Gasteiger partial charge in [0.15, 0.2) is 5.78 Å². The zero-order chi connectivity index (χ0) is 18.6. The smallest absolute Gasteiger partial charge is 0.326 e. The van der Waals surface area contributed by atoms with Gasteiger partial charge in [-0.1, -0.05) is 56.1 Å². The van der Waals surface area contributed by atoms with Crippen LogP contribution in [0.1, 0.15) is 28.4 Å². The molecule has 0 radical (unpaired) electrons. The third kappa shape index (κ3) is 5.24. The Morgan fingerprint density at radius 3 is 2.28 bits per heavy atom. The molecule has 2 N–H and O–H groups in total. The molecule has 130 valence electrons. The largest absolute Gasteiger partial charge is 0.480 e. The number of carboxylic acid groups (broad SMARTS) is 1. The third-order valence-corrected chi connectivity index (χ3v) is 4.69. The normalized spacial score (nSPS) is 11.6. The Labute approximate surface area is 161 Å². The standard InChI is InChI=1S/C18H15Br2NO4/c1-10(22)21-16(18(24)25)8-11-2-4-12(5-3-11)17(23)14-9-13(19)6-7-15(14)20/h2-7,9,16H,8H2,1H3,(H,21,22)(H,24,25)/t16-/m1/s1. The Kier molecular flexibility index (Phi) is 6.50. The van der Waals surface area contributed by atoms with Crippen LogP contribution >= 0.6 is 31.9 Å². The van der Waals surface area contributed by atoms with Crippen LogP contribution in [0.3, 0.4) is 0 Å². The van der Waals surface area contributed by atoms with Crippen LogP contribution in [0.5, 0.6) is 0 Å². The van der Waals surface area contributed by atoms with E-state index in [2.05, 4.69) is 37.2 Å². The molecule has 0 saturated carbocycles. The molecule has 0 bridgehead atoms. The minimum Gasteiger partial charge on any atom is -0.480 e. The van der Waals surface area contributed by atoms with Gasteiger partial charge >= 0.3 is 5.97 Å². The number of ketones is 1. The molecule has 0 aromatic heterocycles. The second-order valence-electron chi connectivity index (χ2n) is 5.45. The number of carboxylic acids is 1. The number of nitrogens with one attached hydrogen (secondary N) is 1. The highest BCUT2D eigenvalue weighted by molar-refractivity contribution is 9.11. The third-order valence-electron chi connectivity index (χ3n) is 3.50. The Morgan fingerprint density at radius 1 is 1.08 bits per heavy atom. The van der Waals surface area contributed by atoms with Crippen LogP contribution in [0.15, 0.2) is 51.4 Å². The lowest BCUT2D eigenvalue weighted by molar-refractivity contribution is -0.141. The average molecular weight is 469 g/mol. The topological polar surface area (TPSA) is 83.5 Å². The molecule has 0 fully saturated rings. The number of hydrogen-bond acceptors (Lipinski definition) is 3. The number of hydrogen-bond donors (Lipinski definition) is 2. The van der Waals surface area contributed by atoms with E-state index in [4.69, 9.17) is 5.11 Å². The minimum absolute atomic E-state index is 0.142. The number of carbonyl (C=O) groups excluding carboxylic acids is 2. The zero-order valence-corrected chi connectivity index (χ0v) is 16.4. The number of benzene rings is 2. The summed E-state index contributed by atoms with van der Waals surface area (Å²) in [6, 6.07) is 11.0. The summed E-state index contributed by atoms with van der Waals surface area (Å²) in [4.78, 5) is 34.9. The fraction of sp³-hybridized carbons (Fsp3) is 0.167. The molecule has 0 aliphatic rings. The van der Waals surface area contributed by atoms with Gasteiger partial charge in [-0.25, -0.2) is 4.79 Å². The van der Waals surface area contributed by atoms with Crippen molar-refractivity contribution in [1.82, 2.24) is 5.32 Å². The Bertz CT molecular complexity index is 818. The van der Waals surface area contributed by atoms with Crippen LogP contribution in [0, 0.1) is 0 Å². The summed E-state index contributed by atoms with van der Waals surface area (Å²) in [7, 11) is 0. The first-order valence-corrected chi connectivity index (χ1v) is 8.95. The number of rotatable bonds is 6. The fourth-order valence-electron chi connectivity index (χ4n) is 2.30. The first-order chi connectivity index (χ1) is 11.8. The Balaban J connectivity index is 2.19. The number of carbonyl (C=O) groups is 3. The van der Waals surface area contributed by atoms with E-state index in [0.717, 1.165) is 4.47 Å². The molecule has 0 saturated heterocycles. The highest BCUT2D eigenvalue weighted by Gasteiger charge is 2.19. The van der Waals surface area contributed by atoms with E-state index in [1.165, 1.54) is 6.92 Å². The van der Waals surface area contributed by atoms with Crippen LogP contribution in [-0.4, -0.2) is 28.8 Å². The van der Waals surface area contributed by atoms with Gasteiger partial charge in [-0.05, 0) is 23.8 Å². The molecule has 2 aromatic rings. The summed E-state index contributed by atoms with van der Waals surface area (Å²) in [6.45, 7) is 1.27. The first kappa shape index (κ1) is 19.3. The van der Waals surface area contributed by atoms with Crippen molar-refractivity contribution in [3.63, 3.8) is 0 Å². The predicted octanol–water partition coefficient (Wildman–Crippen LogP) is 3.57.